The third kappa shape index (κ3) is 3.38. The first-order chi connectivity index (χ1) is 10.2. The predicted molar refractivity (Wildman–Crippen MR) is 84.9 cm³/mol. The van der Waals surface area contributed by atoms with Crippen LogP contribution in [0.2, 0.25) is 0 Å². The van der Waals surface area contributed by atoms with Crippen LogP contribution in [-0.4, -0.2) is 15.0 Å². The molecule has 0 unspecified atom stereocenters. The minimum absolute atomic E-state index is 0.333. The second kappa shape index (κ2) is 6.20. The van der Waals surface area contributed by atoms with Crippen molar-refractivity contribution in [3.05, 3.63) is 35.7 Å². The van der Waals surface area contributed by atoms with Crippen LogP contribution in [0.3, 0.4) is 0 Å². The number of nitrogen functional groups attached to an aromatic ring is 1. The van der Waals surface area contributed by atoms with E-state index in [1.165, 1.54) is 31.2 Å². The summed E-state index contributed by atoms with van der Waals surface area (Å²) in [6.45, 7) is 2.07. The van der Waals surface area contributed by atoms with Crippen molar-refractivity contribution in [1.82, 2.24) is 15.0 Å². The lowest BCUT2D eigenvalue weighted by molar-refractivity contribution is 0.559. The molecule has 3 rings (SSSR count). The van der Waals surface area contributed by atoms with Crippen LogP contribution in [0.1, 0.15) is 55.8 Å². The Bertz CT molecular complexity index is 599. The van der Waals surface area contributed by atoms with Gasteiger partial charge in [0.15, 0.2) is 5.82 Å². The number of hydrogen-bond donors (Lipinski definition) is 1. The van der Waals surface area contributed by atoms with Gasteiger partial charge in [-0.25, -0.2) is 4.98 Å². The minimum Gasteiger partial charge on any atom is -0.368 e. The molecule has 1 aromatic carbocycles. The van der Waals surface area contributed by atoms with Gasteiger partial charge in [0, 0.05) is 11.5 Å². The highest BCUT2D eigenvalue weighted by Crippen LogP contribution is 2.30. The van der Waals surface area contributed by atoms with Gasteiger partial charge < -0.3 is 5.73 Å². The van der Waals surface area contributed by atoms with Gasteiger partial charge in [-0.2, -0.15) is 9.97 Å². The van der Waals surface area contributed by atoms with Crippen LogP contribution in [0.15, 0.2) is 24.3 Å². The van der Waals surface area contributed by atoms with E-state index in [9.17, 15) is 0 Å². The van der Waals surface area contributed by atoms with E-state index in [-0.39, 0.29) is 0 Å². The van der Waals surface area contributed by atoms with Gasteiger partial charge in [0.05, 0.1) is 0 Å². The normalized spacial score (nSPS) is 16.6. The zero-order valence-electron chi connectivity index (χ0n) is 12.5. The van der Waals surface area contributed by atoms with E-state index < -0.39 is 0 Å². The molecule has 2 N–H and O–H groups in total. The first-order valence-electron chi connectivity index (χ1n) is 7.81. The Hall–Kier alpha value is -1.97. The highest BCUT2D eigenvalue weighted by molar-refractivity contribution is 5.56. The Morgan fingerprint density at radius 2 is 1.57 bits per heavy atom. The Kier molecular flexibility index (Phi) is 4.13. The molecule has 1 fully saturated rings. The molecular weight excluding hydrogens is 260 g/mol. The fourth-order valence-corrected chi connectivity index (χ4v) is 2.96. The number of aryl methyl sites for hydroxylation is 1. The van der Waals surface area contributed by atoms with Crippen molar-refractivity contribution in [3.63, 3.8) is 0 Å². The summed E-state index contributed by atoms with van der Waals surface area (Å²) < 4.78 is 0. The van der Waals surface area contributed by atoms with E-state index in [1.54, 1.807) is 0 Å². The molecule has 0 radical (unpaired) electrons. The smallest absolute Gasteiger partial charge is 0.223 e. The van der Waals surface area contributed by atoms with Gasteiger partial charge in [-0.3, -0.25) is 0 Å². The third-order valence-electron chi connectivity index (χ3n) is 4.20. The van der Waals surface area contributed by atoms with Crippen LogP contribution in [0.5, 0.6) is 0 Å². The van der Waals surface area contributed by atoms with Crippen molar-refractivity contribution in [3.8, 4) is 11.4 Å². The van der Waals surface area contributed by atoms with Crippen LogP contribution in [0, 0.1) is 6.92 Å². The molecular formula is C17H22N4. The molecule has 4 nitrogen and oxygen atoms in total. The topological polar surface area (TPSA) is 64.7 Å². The number of anilines is 1. The lowest BCUT2D eigenvalue weighted by atomic mass is 9.99. The van der Waals surface area contributed by atoms with Gasteiger partial charge in [-0.05, 0) is 19.8 Å². The van der Waals surface area contributed by atoms with Gasteiger partial charge in [0.1, 0.15) is 5.82 Å². The SMILES string of the molecule is Cc1ccc(-c2nc(N)nc(C3CCCCCC3)n2)cc1. The molecule has 2 aromatic rings. The second-order valence-electron chi connectivity index (χ2n) is 5.93. The first kappa shape index (κ1) is 14.0. The number of aromatic nitrogens is 3. The lowest BCUT2D eigenvalue weighted by Gasteiger charge is -2.13. The highest BCUT2D eigenvalue weighted by atomic mass is 15.1. The monoisotopic (exact) mass is 282 g/mol. The molecule has 0 aliphatic heterocycles. The van der Waals surface area contributed by atoms with Crippen molar-refractivity contribution < 1.29 is 0 Å². The average Bonchev–Trinajstić information content (AvgIpc) is 2.76. The van der Waals surface area contributed by atoms with Crippen LogP contribution < -0.4 is 5.73 Å². The number of rotatable bonds is 2. The molecule has 0 saturated heterocycles. The van der Waals surface area contributed by atoms with Crippen molar-refractivity contribution in [1.29, 1.82) is 0 Å². The van der Waals surface area contributed by atoms with Crippen LogP contribution >= 0.6 is 0 Å². The van der Waals surface area contributed by atoms with Crippen molar-refractivity contribution in [2.45, 2.75) is 51.4 Å². The summed E-state index contributed by atoms with van der Waals surface area (Å²) in [5, 5.41) is 0. The fraction of sp³-hybridized carbons (Fsp3) is 0.471. The molecule has 0 atom stereocenters. The molecule has 1 aromatic heterocycles. The number of hydrogen-bond acceptors (Lipinski definition) is 4. The van der Waals surface area contributed by atoms with E-state index in [0.29, 0.717) is 17.7 Å². The van der Waals surface area contributed by atoms with Crippen LogP contribution in [0.25, 0.3) is 11.4 Å². The molecule has 110 valence electrons. The summed E-state index contributed by atoms with van der Waals surface area (Å²) in [6, 6.07) is 8.23. The molecule has 1 aliphatic rings. The van der Waals surface area contributed by atoms with E-state index >= 15 is 0 Å². The van der Waals surface area contributed by atoms with E-state index in [1.807, 2.05) is 12.1 Å². The molecule has 0 amide bonds. The largest absolute Gasteiger partial charge is 0.368 e. The maximum absolute atomic E-state index is 5.91. The maximum atomic E-state index is 5.91. The summed E-state index contributed by atoms with van der Waals surface area (Å²) in [6.07, 6.45) is 7.49. The van der Waals surface area contributed by atoms with Gasteiger partial charge in [0.2, 0.25) is 5.95 Å². The van der Waals surface area contributed by atoms with Crippen LogP contribution in [0.4, 0.5) is 5.95 Å². The second-order valence-corrected chi connectivity index (χ2v) is 5.93. The highest BCUT2D eigenvalue weighted by Gasteiger charge is 2.19. The molecule has 4 heteroatoms. The number of nitrogens with two attached hydrogens (primary N) is 1. The number of benzene rings is 1. The van der Waals surface area contributed by atoms with Crippen LogP contribution in [-0.2, 0) is 0 Å². The first-order valence-corrected chi connectivity index (χ1v) is 7.81. The Balaban J connectivity index is 1.93. The lowest BCUT2D eigenvalue weighted by Crippen LogP contribution is -2.09. The molecule has 21 heavy (non-hydrogen) atoms. The van der Waals surface area contributed by atoms with E-state index in [0.717, 1.165) is 24.2 Å². The van der Waals surface area contributed by atoms with Gasteiger partial charge in [-0.1, -0.05) is 55.5 Å². The quantitative estimate of drug-likeness (QED) is 0.849. The molecule has 0 spiro atoms. The van der Waals surface area contributed by atoms with E-state index in [4.69, 9.17) is 10.7 Å². The molecule has 1 saturated carbocycles. The Morgan fingerprint density at radius 1 is 0.905 bits per heavy atom. The zero-order chi connectivity index (χ0) is 14.7. The predicted octanol–water partition coefficient (Wildman–Crippen LogP) is 3.87. The maximum Gasteiger partial charge on any atom is 0.223 e. The summed E-state index contributed by atoms with van der Waals surface area (Å²) in [7, 11) is 0. The number of nitrogens with zero attached hydrogens (tertiary/aromatic N) is 3. The minimum atomic E-state index is 0.333. The zero-order valence-corrected chi connectivity index (χ0v) is 12.5. The fourth-order valence-electron chi connectivity index (χ4n) is 2.96. The summed E-state index contributed by atoms with van der Waals surface area (Å²) in [4.78, 5) is 13.4. The van der Waals surface area contributed by atoms with Gasteiger partial charge in [0.25, 0.3) is 0 Å². The summed E-state index contributed by atoms with van der Waals surface area (Å²) in [5.74, 6) is 2.34. The van der Waals surface area contributed by atoms with E-state index in [2.05, 4.69) is 29.0 Å². The third-order valence-corrected chi connectivity index (χ3v) is 4.20. The average molecular weight is 282 g/mol. The van der Waals surface area contributed by atoms with Gasteiger partial charge >= 0.3 is 0 Å². The summed E-state index contributed by atoms with van der Waals surface area (Å²) in [5.41, 5.74) is 8.14. The Morgan fingerprint density at radius 3 is 2.24 bits per heavy atom. The molecule has 0 bridgehead atoms. The Labute approximate surface area is 125 Å². The summed E-state index contributed by atoms with van der Waals surface area (Å²) >= 11 is 0. The standard InChI is InChI=1S/C17H22N4/c1-12-8-10-14(11-9-12)16-19-15(20-17(18)21-16)13-6-4-2-3-5-7-13/h8-11,13H,2-7H2,1H3,(H2,18,19,20,21). The van der Waals surface area contributed by atoms with Gasteiger partial charge in [-0.15, -0.1) is 0 Å². The van der Waals surface area contributed by atoms with Crippen molar-refractivity contribution >= 4 is 5.95 Å². The molecule has 1 heterocycles. The molecule has 1 aliphatic carbocycles. The van der Waals surface area contributed by atoms with Crippen molar-refractivity contribution in [2.24, 2.45) is 0 Å². The van der Waals surface area contributed by atoms with Crippen molar-refractivity contribution in [2.75, 3.05) is 5.73 Å².